The number of aliphatic hydroxyl groups is 3. The molecule has 9 heteroatoms. The van der Waals surface area contributed by atoms with Crippen molar-refractivity contribution in [2.75, 3.05) is 32.9 Å². The average Bonchev–Trinajstić information content (AvgIpc) is 3.14. The number of hydrogen-bond donors (Lipinski definition) is 3. The zero-order chi connectivity index (χ0) is 24.6. The highest BCUT2D eigenvalue weighted by Crippen LogP contribution is 2.32. The second-order valence-electron chi connectivity index (χ2n) is 9.22. The van der Waals surface area contributed by atoms with E-state index in [9.17, 15) is 13.2 Å². The third-order valence-electron chi connectivity index (χ3n) is 6.44. The number of hydrogen-bond acceptors (Lipinski definition) is 4. The minimum absolute atomic E-state index is 0.0716. The molecule has 1 amide bonds. The van der Waals surface area contributed by atoms with E-state index >= 15 is 0 Å². The predicted octanol–water partition coefficient (Wildman–Crippen LogP) is 2.27. The van der Waals surface area contributed by atoms with Crippen molar-refractivity contribution in [3.63, 3.8) is 0 Å². The zero-order valence-corrected chi connectivity index (χ0v) is 21.3. The first-order valence-electron chi connectivity index (χ1n) is 12.5. The molecule has 1 aliphatic carbocycles. The molecule has 0 aliphatic heterocycles. The molecule has 0 spiro atoms. The van der Waals surface area contributed by atoms with E-state index in [0.717, 1.165) is 44.2 Å². The van der Waals surface area contributed by atoms with Crippen LogP contribution in [0.1, 0.15) is 67.6 Å². The van der Waals surface area contributed by atoms with Crippen LogP contribution in [0.4, 0.5) is 0 Å². The minimum atomic E-state index is -3.21. The maximum absolute atomic E-state index is 12.8. The number of rotatable bonds is 14. The summed E-state index contributed by atoms with van der Waals surface area (Å²) in [5.41, 5.74) is 4.56. The fraction of sp³-hybridized carbons (Fsp3) is 0.640. The Balaban J connectivity index is 1.55. The molecule has 4 N–H and O–H groups in total. The van der Waals surface area contributed by atoms with Crippen molar-refractivity contribution in [2.24, 2.45) is 0 Å². The van der Waals surface area contributed by atoms with Crippen LogP contribution < -0.4 is 10.0 Å². The molecule has 0 saturated carbocycles. The van der Waals surface area contributed by atoms with Gasteiger partial charge in [-0.05, 0) is 76.1 Å². The van der Waals surface area contributed by atoms with E-state index in [1.54, 1.807) is 13.8 Å². The first-order valence-corrected chi connectivity index (χ1v) is 14.0. The lowest BCUT2D eigenvalue weighted by atomic mass is 9.95. The molecular formula is C25H40N3O5S+. The van der Waals surface area contributed by atoms with E-state index in [1.807, 2.05) is 12.1 Å². The summed E-state index contributed by atoms with van der Waals surface area (Å²) in [5, 5.41) is 12.7. The van der Waals surface area contributed by atoms with Crippen LogP contribution in [0.25, 0.3) is 10.9 Å². The Morgan fingerprint density at radius 2 is 1.88 bits per heavy atom. The molecule has 1 heterocycles. The lowest BCUT2D eigenvalue weighted by Crippen LogP contribution is -2.31. The third-order valence-corrected chi connectivity index (χ3v) is 8.29. The minimum Gasteiger partial charge on any atom is -0.431 e. The van der Waals surface area contributed by atoms with E-state index in [4.69, 9.17) is 5.11 Å². The van der Waals surface area contributed by atoms with E-state index in [1.165, 1.54) is 29.5 Å². The standard InChI is InChI=1S/C25H39N3O5S/c1-19(2)34(31,32)27-13-7-3-6-12-26-25(30)20-10-11-24-22(18-20)21-8-4-5-9-23(21)28(24)14-16-33-17-15-29/h10-11,18-19,27,29H,3-9,12-17H2,1-2H3,(H,26,30)/p+1. The summed E-state index contributed by atoms with van der Waals surface area (Å²) in [6.07, 6.45) is 6.85. The summed E-state index contributed by atoms with van der Waals surface area (Å²) in [6, 6.07) is 5.97. The van der Waals surface area contributed by atoms with Gasteiger partial charge in [0.1, 0.15) is 6.61 Å². The Morgan fingerprint density at radius 3 is 2.65 bits per heavy atom. The van der Waals surface area contributed by atoms with Gasteiger partial charge in [0.15, 0.2) is 13.2 Å². The van der Waals surface area contributed by atoms with Crippen molar-refractivity contribution < 1.29 is 23.1 Å². The van der Waals surface area contributed by atoms with Gasteiger partial charge in [-0.25, -0.2) is 13.1 Å². The predicted molar refractivity (Wildman–Crippen MR) is 136 cm³/mol. The molecule has 34 heavy (non-hydrogen) atoms. The van der Waals surface area contributed by atoms with Crippen molar-refractivity contribution >= 4 is 26.8 Å². The average molecular weight is 495 g/mol. The molecule has 0 bridgehead atoms. The Bertz CT molecular complexity index is 1060. The van der Waals surface area contributed by atoms with Crippen LogP contribution in [0.3, 0.4) is 0 Å². The fourth-order valence-electron chi connectivity index (χ4n) is 4.50. The van der Waals surface area contributed by atoms with Crippen LogP contribution in [-0.2, 0) is 29.4 Å². The molecule has 0 fully saturated rings. The molecule has 1 aliphatic rings. The van der Waals surface area contributed by atoms with E-state index in [0.29, 0.717) is 31.9 Å². The van der Waals surface area contributed by atoms with E-state index in [2.05, 4.69) is 25.4 Å². The van der Waals surface area contributed by atoms with Crippen molar-refractivity contribution in [1.29, 1.82) is 0 Å². The van der Waals surface area contributed by atoms with Gasteiger partial charge in [-0.3, -0.25) is 4.79 Å². The molecule has 190 valence electrons. The summed E-state index contributed by atoms with van der Waals surface area (Å²) in [7, 11) is -3.21. The van der Waals surface area contributed by atoms with E-state index in [-0.39, 0.29) is 12.5 Å². The van der Waals surface area contributed by atoms with Gasteiger partial charge in [-0.15, -0.1) is 0 Å². The van der Waals surface area contributed by atoms with Gasteiger partial charge in [0.05, 0.1) is 11.8 Å². The van der Waals surface area contributed by atoms with Gasteiger partial charge in [0.2, 0.25) is 10.0 Å². The Labute approximate surface area is 203 Å². The molecule has 2 aromatic rings. The SMILES string of the molecule is CC(C)S(=O)(=O)NCCCCCNC(=O)c1ccc2c(c1)c1c(n2CC[OH+]CCO)CCCC1. The second kappa shape index (κ2) is 12.7. The van der Waals surface area contributed by atoms with Gasteiger partial charge in [0.25, 0.3) is 5.91 Å². The van der Waals surface area contributed by atoms with Crippen molar-refractivity contribution in [3.8, 4) is 0 Å². The summed E-state index contributed by atoms with van der Waals surface area (Å²) < 4.78 is 32.8. The molecular weight excluding hydrogens is 454 g/mol. The summed E-state index contributed by atoms with van der Waals surface area (Å²) in [4.78, 5) is 12.8. The number of nitrogens with one attached hydrogen (secondary N) is 2. The molecule has 3 rings (SSSR count). The molecule has 0 radical (unpaired) electrons. The highest BCUT2D eigenvalue weighted by Gasteiger charge is 2.21. The zero-order valence-electron chi connectivity index (χ0n) is 20.5. The number of amides is 1. The molecule has 0 saturated heterocycles. The Morgan fingerprint density at radius 1 is 1.12 bits per heavy atom. The monoisotopic (exact) mass is 494 g/mol. The van der Waals surface area contributed by atoms with Crippen LogP contribution in [0.2, 0.25) is 0 Å². The molecule has 8 nitrogen and oxygen atoms in total. The third kappa shape index (κ3) is 6.81. The number of aryl methyl sites for hydroxylation is 1. The summed E-state index contributed by atoms with van der Waals surface area (Å²) in [6.45, 7) is 6.35. The first kappa shape index (κ1) is 26.7. The van der Waals surface area contributed by atoms with Crippen molar-refractivity contribution in [3.05, 3.63) is 35.0 Å². The summed E-state index contributed by atoms with van der Waals surface area (Å²) >= 11 is 0. The van der Waals surface area contributed by atoms with Crippen LogP contribution >= 0.6 is 0 Å². The number of ether oxygens (including phenoxy) is 1. The first-order chi connectivity index (χ1) is 16.3. The van der Waals surface area contributed by atoms with Crippen LogP contribution in [0.15, 0.2) is 18.2 Å². The van der Waals surface area contributed by atoms with Crippen molar-refractivity contribution in [2.45, 2.75) is 70.6 Å². The Kier molecular flexibility index (Phi) is 9.94. The lowest BCUT2D eigenvalue weighted by Gasteiger charge is -2.15. The van der Waals surface area contributed by atoms with Gasteiger partial charge in [0, 0.05) is 35.2 Å². The molecule has 1 aromatic carbocycles. The maximum Gasteiger partial charge on any atom is 0.251 e. The van der Waals surface area contributed by atoms with Gasteiger partial charge >= 0.3 is 0 Å². The number of benzene rings is 1. The Hall–Kier alpha value is -1.94. The van der Waals surface area contributed by atoms with Crippen molar-refractivity contribution in [1.82, 2.24) is 14.6 Å². The highest BCUT2D eigenvalue weighted by molar-refractivity contribution is 7.90. The van der Waals surface area contributed by atoms with Gasteiger partial charge in [-0.1, -0.05) is 6.42 Å². The fourth-order valence-corrected chi connectivity index (χ4v) is 5.26. The number of carbonyl (C=O) groups excluding carboxylic acids is 1. The van der Waals surface area contributed by atoms with Crippen LogP contribution in [0, 0.1) is 0 Å². The normalized spacial score (nSPS) is 14.0. The topological polar surface area (TPSA) is 113 Å². The van der Waals surface area contributed by atoms with Gasteiger partial charge in [-0.2, -0.15) is 0 Å². The number of aliphatic hydroxyl groups excluding tert-OH is 1. The smallest absolute Gasteiger partial charge is 0.251 e. The van der Waals surface area contributed by atoms with Crippen LogP contribution in [0.5, 0.6) is 0 Å². The number of sulfonamides is 1. The quantitative estimate of drug-likeness (QED) is 0.276. The second-order valence-corrected chi connectivity index (χ2v) is 11.5. The molecule has 0 atom stereocenters. The highest BCUT2D eigenvalue weighted by atomic mass is 32.2. The van der Waals surface area contributed by atoms with E-state index < -0.39 is 15.3 Å². The maximum atomic E-state index is 12.8. The lowest BCUT2D eigenvalue weighted by molar-refractivity contribution is -0.0587. The van der Waals surface area contributed by atoms with Crippen LogP contribution in [-0.4, -0.2) is 66.9 Å². The molecule has 0 unspecified atom stereocenters. The number of carbonyl (C=O) groups is 1. The summed E-state index contributed by atoms with van der Waals surface area (Å²) in [5.74, 6) is -0.0716. The van der Waals surface area contributed by atoms with Gasteiger partial charge < -0.3 is 19.7 Å². The number of nitrogens with zero attached hydrogens (tertiary/aromatic N) is 1. The molecule has 1 aromatic heterocycles. The number of aromatic nitrogens is 1. The number of unbranched alkanes of at least 4 members (excludes halogenated alkanes) is 2. The number of fused-ring (bicyclic) bond motifs is 3. The largest absolute Gasteiger partial charge is 0.431 e.